The molecule has 0 saturated carbocycles. The molecule has 2 atom stereocenters. The standard InChI is InChI=1S/C19H35NO.C6H13NO.C3H8.2C2H6.CH3NO/c1-6-10-14-17(15-11-7-2)19(21)20-18(13-9-4)16(5)12-8-3;1-6(2,3)5(7)4-8;1-3-2;2*1-2;2-1-3/h8,17-18H,3,5-7,9-15H2,1-2,4H3,(H,20,21);4-5H,7H2,1-3H3;3H2,1-2H3;2*1-2H3;1H,(H2,2,3). The van der Waals surface area contributed by atoms with Crippen molar-refractivity contribution in [3.8, 4) is 0 Å². The van der Waals surface area contributed by atoms with Crippen LogP contribution in [-0.2, 0) is 14.4 Å². The highest BCUT2D eigenvalue weighted by atomic mass is 16.2. The van der Waals surface area contributed by atoms with E-state index in [9.17, 15) is 9.59 Å². The Morgan fingerprint density at radius 1 is 0.872 bits per heavy atom. The van der Waals surface area contributed by atoms with Gasteiger partial charge in [-0.1, -0.05) is 140 Å². The van der Waals surface area contributed by atoms with Crippen LogP contribution in [0.3, 0.4) is 0 Å². The van der Waals surface area contributed by atoms with Gasteiger partial charge in [-0.15, -0.1) is 6.58 Å². The number of rotatable bonds is 14. The molecule has 0 aliphatic carbocycles. The molecular weight excluding hydrogens is 486 g/mol. The summed E-state index contributed by atoms with van der Waals surface area (Å²) in [6.07, 6.45) is 13.5. The van der Waals surface area contributed by atoms with Crippen LogP contribution in [0.1, 0.15) is 147 Å². The van der Waals surface area contributed by atoms with Crippen LogP contribution < -0.4 is 16.8 Å². The van der Waals surface area contributed by atoms with E-state index in [-0.39, 0.29) is 35.7 Å². The Kier molecular flexibility index (Phi) is 51.9. The van der Waals surface area contributed by atoms with E-state index in [2.05, 4.69) is 58.8 Å². The lowest BCUT2D eigenvalue weighted by Gasteiger charge is -2.24. The molecule has 0 aliphatic rings. The lowest BCUT2D eigenvalue weighted by Crippen LogP contribution is -2.40. The fourth-order valence-electron chi connectivity index (χ4n) is 2.80. The minimum atomic E-state index is -0.331. The second-order valence-electron chi connectivity index (χ2n) is 9.85. The van der Waals surface area contributed by atoms with Crippen molar-refractivity contribution in [2.75, 3.05) is 0 Å². The number of allylic oxidation sites excluding steroid dienone is 1. The molecule has 6 heteroatoms. The number of primary amides is 1. The molecule has 6 nitrogen and oxygen atoms in total. The molecule has 2 amide bonds. The van der Waals surface area contributed by atoms with Crippen LogP contribution >= 0.6 is 0 Å². The third-order valence-corrected chi connectivity index (χ3v) is 5.12. The second kappa shape index (κ2) is 40.5. The number of unbranched alkanes of at least 4 members (excludes halogenated alkanes) is 2. The Morgan fingerprint density at radius 2 is 1.26 bits per heavy atom. The van der Waals surface area contributed by atoms with Gasteiger partial charge in [0.05, 0.1) is 12.1 Å². The molecule has 0 rings (SSSR count). The van der Waals surface area contributed by atoms with Crippen LogP contribution in [-0.4, -0.2) is 30.7 Å². The largest absolute Gasteiger partial charge is 0.372 e. The number of nitrogens with one attached hydrogen (secondary N) is 1. The van der Waals surface area contributed by atoms with Gasteiger partial charge in [0, 0.05) is 5.92 Å². The highest BCUT2D eigenvalue weighted by molar-refractivity contribution is 5.79. The van der Waals surface area contributed by atoms with E-state index < -0.39 is 0 Å². The van der Waals surface area contributed by atoms with Crippen molar-refractivity contribution in [1.82, 2.24) is 5.32 Å². The Balaban J connectivity index is -0.000000124. The van der Waals surface area contributed by atoms with Crippen molar-refractivity contribution in [2.45, 2.75) is 159 Å². The summed E-state index contributed by atoms with van der Waals surface area (Å²) in [4.78, 5) is 31.2. The zero-order valence-corrected chi connectivity index (χ0v) is 28.3. The molecule has 0 bridgehead atoms. The van der Waals surface area contributed by atoms with Crippen LogP contribution in [0.4, 0.5) is 0 Å². The topological polar surface area (TPSA) is 115 Å². The molecular formula is C33H71N3O3. The van der Waals surface area contributed by atoms with E-state index in [4.69, 9.17) is 10.5 Å². The van der Waals surface area contributed by atoms with Gasteiger partial charge in [0.15, 0.2) is 0 Å². The lowest BCUT2D eigenvalue weighted by atomic mass is 9.89. The SMILES string of the molecule is C=CCC(=C)C(CCC)NC(=O)C(CCCC)CCCC.CC.CC.CC(C)(C)C(N)C=O.CCC.NC=O. The average Bonchev–Trinajstić information content (AvgIpc) is 2.91. The van der Waals surface area contributed by atoms with E-state index in [0.29, 0.717) is 0 Å². The summed E-state index contributed by atoms with van der Waals surface area (Å²) in [5.41, 5.74) is 10.5. The van der Waals surface area contributed by atoms with Crippen molar-refractivity contribution < 1.29 is 14.4 Å². The first-order valence-electron chi connectivity index (χ1n) is 15.4. The number of carbonyl (C=O) groups excluding carboxylic acids is 3. The predicted octanol–water partition coefficient (Wildman–Crippen LogP) is 8.53. The molecule has 0 heterocycles. The lowest BCUT2D eigenvalue weighted by molar-refractivity contribution is -0.126. The Labute approximate surface area is 245 Å². The molecule has 39 heavy (non-hydrogen) atoms. The van der Waals surface area contributed by atoms with E-state index in [1.165, 1.54) is 6.42 Å². The fourth-order valence-corrected chi connectivity index (χ4v) is 2.80. The van der Waals surface area contributed by atoms with E-state index in [1.807, 2.05) is 54.5 Å². The molecule has 0 aliphatic heterocycles. The van der Waals surface area contributed by atoms with Crippen molar-refractivity contribution in [3.63, 3.8) is 0 Å². The van der Waals surface area contributed by atoms with Gasteiger partial charge in [0.2, 0.25) is 12.3 Å². The van der Waals surface area contributed by atoms with Gasteiger partial charge in [0.1, 0.15) is 6.29 Å². The van der Waals surface area contributed by atoms with Gasteiger partial charge in [0.25, 0.3) is 0 Å². The predicted molar refractivity (Wildman–Crippen MR) is 176 cm³/mol. The first-order chi connectivity index (χ1) is 18.4. The summed E-state index contributed by atoms with van der Waals surface area (Å²) >= 11 is 0. The van der Waals surface area contributed by atoms with E-state index >= 15 is 0 Å². The van der Waals surface area contributed by atoms with Gasteiger partial charge in [-0.05, 0) is 31.1 Å². The molecule has 0 aromatic carbocycles. The number of hydrogen-bond donors (Lipinski definition) is 3. The molecule has 0 spiro atoms. The first kappa shape index (κ1) is 49.9. The van der Waals surface area contributed by atoms with Crippen molar-refractivity contribution in [1.29, 1.82) is 0 Å². The molecule has 0 radical (unpaired) electrons. The number of hydrogen-bond acceptors (Lipinski definition) is 4. The summed E-state index contributed by atoms with van der Waals surface area (Å²) in [5.74, 6) is 0.390. The van der Waals surface area contributed by atoms with Gasteiger partial charge >= 0.3 is 0 Å². The zero-order valence-electron chi connectivity index (χ0n) is 28.3. The molecule has 5 N–H and O–H groups in total. The first-order valence-corrected chi connectivity index (χ1v) is 15.4. The van der Waals surface area contributed by atoms with Crippen molar-refractivity contribution in [2.24, 2.45) is 22.8 Å². The highest BCUT2D eigenvalue weighted by Gasteiger charge is 2.21. The molecule has 0 fully saturated rings. The minimum absolute atomic E-state index is 0.0816. The van der Waals surface area contributed by atoms with Gasteiger partial charge in [-0.3, -0.25) is 9.59 Å². The second-order valence-corrected chi connectivity index (χ2v) is 9.85. The minimum Gasteiger partial charge on any atom is -0.372 e. The van der Waals surface area contributed by atoms with Gasteiger partial charge < -0.3 is 21.6 Å². The molecule has 0 saturated heterocycles. The Hall–Kier alpha value is -1.95. The summed E-state index contributed by atoms with van der Waals surface area (Å²) < 4.78 is 0. The van der Waals surface area contributed by atoms with Crippen molar-refractivity contribution in [3.05, 3.63) is 24.8 Å². The third kappa shape index (κ3) is 40.7. The number of nitrogens with two attached hydrogens (primary N) is 2. The molecule has 0 aromatic heterocycles. The average molecular weight is 558 g/mol. The summed E-state index contributed by atoms with van der Waals surface area (Å²) in [6.45, 7) is 32.4. The van der Waals surface area contributed by atoms with Crippen LogP contribution in [0, 0.1) is 11.3 Å². The van der Waals surface area contributed by atoms with Gasteiger partial charge in [-0.25, -0.2) is 0 Å². The Bertz CT molecular complexity index is 521. The maximum atomic E-state index is 12.6. The summed E-state index contributed by atoms with van der Waals surface area (Å²) in [6, 6.07) is -0.228. The smallest absolute Gasteiger partial charge is 0.223 e. The maximum absolute atomic E-state index is 12.6. The van der Waals surface area contributed by atoms with E-state index in [1.54, 1.807) is 0 Å². The molecule has 0 aromatic rings. The number of aldehydes is 1. The fraction of sp³-hybridized carbons (Fsp3) is 0.788. The van der Waals surface area contributed by atoms with Crippen LogP contribution in [0.15, 0.2) is 24.8 Å². The Morgan fingerprint density at radius 3 is 1.49 bits per heavy atom. The zero-order chi connectivity index (χ0) is 32.3. The normalized spacial score (nSPS) is 10.8. The summed E-state index contributed by atoms with van der Waals surface area (Å²) in [5, 5.41) is 3.23. The molecule has 236 valence electrons. The number of carbonyl (C=O) groups is 3. The summed E-state index contributed by atoms with van der Waals surface area (Å²) in [7, 11) is 0. The van der Waals surface area contributed by atoms with Gasteiger partial charge in [-0.2, -0.15) is 0 Å². The number of amides is 2. The third-order valence-electron chi connectivity index (χ3n) is 5.12. The monoisotopic (exact) mass is 558 g/mol. The highest BCUT2D eigenvalue weighted by Crippen LogP contribution is 2.19. The molecule has 2 unspecified atom stereocenters. The quantitative estimate of drug-likeness (QED) is 0.147. The van der Waals surface area contributed by atoms with E-state index in [0.717, 1.165) is 69.6 Å². The van der Waals surface area contributed by atoms with Crippen LogP contribution in [0.2, 0.25) is 0 Å². The van der Waals surface area contributed by atoms with Crippen molar-refractivity contribution >= 4 is 18.6 Å². The maximum Gasteiger partial charge on any atom is 0.223 e. The van der Waals surface area contributed by atoms with Crippen LogP contribution in [0.25, 0.3) is 0 Å². The van der Waals surface area contributed by atoms with Crippen LogP contribution in [0.5, 0.6) is 0 Å².